The van der Waals surface area contributed by atoms with Gasteiger partial charge in [-0.15, -0.1) is 0 Å². The van der Waals surface area contributed by atoms with Crippen molar-refractivity contribution in [2.24, 2.45) is 0 Å². The van der Waals surface area contributed by atoms with E-state index < -0.39 is 18.0 Å². The van der Waals surface area contributed by atoms with Crippen LogP contribution in [0.15, 0.2) is 97.5 Å². The lowest BCUT2D eigenvalue weighted by molar-refractivity contribution is -0.138. The van der Waals surface area contributed by atoms with Crippen LogP contribution < -0.4 is 15.4 Å². The van der Waals surface area contributed by atoms with Gasteiger partial charge in [-0.25, -0.2) is 9.78 Å². The third-order valence-electron chi connectivity index (χ3n) is 7.24. The van der Waals surface area contributed by atoms with Crippen molar-refractivity contribution in [3.05, 3.63) is 120 Å². The molecule has 0 aliphatic carbocycles. The number of hydrogen-bond donors (Lipinski definition) is 3. The van der Waals surface area contributed by atoms with Gasteiger partial charge in [-0.05, 0) is 28.8 Å². The fourth-order valence-electron chi connectivity index (χ4n) is 4.65. The average molecular weight is 598 g/mol. The van der Waals surface area contributed by atoms with Gasteiger partial charge in [0.05, 0.1) is 20.0 Å². The summed E-state index contributed by atoms with van der Waals surface area (Å²) in [5, 5.41) is 5.70. The van der Waals surface area contributed by atoms with E-state index in [1.54, 1.807) is 25.4 Å². The summed E-state index contributed by atoms with van der Waals surface area (Å²) < 4.78 is 10.7. The second-order valence-electron chi connectivity index (χ2n) is 11.1. The van der Waals surface area contributed by atoms with Gasteiger partial charge in [-0.1, -0.05) is 86.6 Å². The number of rotatable bonds is 14. The molecule has 3 amide bonds. The van der Waals surface area contributed by atoms with Crippen molar-refractivity contribution in [3.8, 4) is 5.75 Å². The average Bonchev–Trinajstić information content (AvgIpc) is 3.56. The predicted octanol–water partition coefficient (Wildman–Crippen LogP) is 4.38. The normalized spacial score (nSPS) is 11.7. The number of alkyl carbamates (subject to hydrolysis) is 1. The SMILES string of the molecule is COc1ccc(CN(CC(=O)NCC(C)(C)c2ccccc2)C(=O)[C@H](Cc2cnc[nH]2)NC(=O)OCc2ccccc2)cc1. The number of nitrogens with zero attached hydrogens (tertiary/aromatic N) is 2. The molecule has 0 saturated heterocycles. The molecule has 4 aromatic rings. The van der Waals surface area contributed by atoms with Gasteiger partial charge in [-0.2, -0.15) is 0 Å². The number of nitrogens with one attached hydrogen (secondary N) is 3. The number of amides is 3. The maximum absolute atomic E-state index is 14.1. The largest absolute Gasteiger partial charge is 0.497 e. The van der Waals surface area contributed by atoms with E-state index in [9.17, 15) is 14.4 Å². The van der Waals surface area contributed by atoms with Gasteiger partial charge in [0.1, 0.15) is 18.4 Å². The Labute approximate surface area is 257 Å². The highest BCUT2D eigenvalue weighted by atomic mass is 16.5. The lowest BCUT2D eigenvalue weighted by Crippen LogP contribution is -2.52. The first-order valence-corrected chi connectivity index (χ1v) is 14.4. The number of carbonyl (C=O) groups is 3. The summed E-state index contributed by atoms with van der Waals surface area (Å²) in [5.41, 5.74) is 3.02. The van der Waals surface area contributed by atoms with Crippen LogP contribution in [0.3, 0.4) is 0 Å². The molecular formula is C34H39N5O5. The van der Waals surface area contributed by atoms with Crippen LogP contribution in [-0.2, 0) is 39.3 Å². The van der Waals surface area contributed by atoms with E-state index in [0.29, 0.717) is 18.0 Å². The Balaban J connectivity index is 1.50. The molecule has 3 N–H and O–H groups in total. The summed E-state index contributed by atoms with van der Waals surface area (Å²) in [5.74, 6) is -0.0835. The molecule has 10 heteroatoms. The molecule has 1 heterocycles. The first-order valence-electron chi connectivity index (χ1n) is 14.4. The zero-order valence-corrected chi connectivity index (χ0v) is 25.3. The maximum Gasteiger partial charge on any atom is 0.408 e. The molecule has 44 heavy (non-hydrogen) atoms. The minimum Gasteiger partial charge on any atom is -0.497 e. The highest BCUT2D eigenvalue weighted by Crippen LogP contribution is 2.22. The lowest BCUT2D eigenvalue weighted by Gasteiger charge is -2.29. The second-order valence-corrected chi connectivity index (χ2v) is 11.1. The first-order chi connectivity index (χ1) is 21.2. The predicted molar refractivity (Wildman–Crippen MR) is 167 cm³/mol. The molecule has 0 saturated carbocycles. The summed E-state index contributed by atoms with van der Waals surface area (Å²) in [6, 6.07) is 25.4. The molecule has 3 aromatic carbocycles. The molecule has 0 bridgehead atoms. The molecule has 0 fully saturated rings. The van der Waals surface area contributed by atoms with E-state index in [4.69, 9.17) is 9.47 Å². The first kappa shape index (κ1) is 31.8. The number of aromatic amines is 1. The van der Waals surface area contributed by atoms with Crippen LogP contribution in [0.4, 0.5) is 4.79 Å². The Bertz CT molecular complexity index is 1480. The van der Waals surface area contributed by atoms with Crippen LogP contribution in [0.5, 0.6) is 5.75 Å². The minimum absolute atomic E-state index is 0.0484. The third kappa shape index (κ3) is 9.45. The van der Waals surface area contributed by atoms with Crippen molar-refractivity contribution in [1.29, 1.82) is 0 Å². The molecule has 1 aromatic heterocycles. The Morgan fingerprint density at radius 1 is 0.932 bits per heavy atom. The van der Waals surface area contributed by atoms with Crippen LogP contribution >= 0.6 is 0 Å². The van der Waals surface area contributed by atoms with Crippen LogP contribution in [0.2, 0.25) is 0 Å². The molecular weight excluding hydrogens is 558 g/mol. The van der Waals surface area contributed by atoms with Gasteiger partial charge in [0, 0.05) is 36.8 Å². The molecule has 1 atom stereocenters. The smallest absolute Gasteiger partial charge is 0.408 e. The quantitative estimate of drug-likeness (QED) is 0.198. The van der Waals surface area contributed by atoms with Gasteiger partial charge in [0.2, 0.25) is 11.8 Å². The molecule has 4 rings (SSSR count). The Morgan fingerprint density at radius 2 is 1.61 bits per heavy atom. The van der Waals surface area contributed by atoms with Crippen molar-refractivity contribution < 1.29 is 23.9 Å². The van der Waals surface area contributed by atoms with Gasteiger partial charge in [0.15, 0.2) is 0 Å². The molecule has 0 aliphatic rings. The Hall–Kier alpha value is -5.12. The molecule has 0 unspecified atom stereocenters. The third-order valence-corrected chi connectivity index (χ3v) is 7.24. The summed E-state index contributed by atoms with van der Waals surface area (Å²) in [4.78, 5) is 48.7. The number of imidazole rings is 1. The van der Waals surface area contributed by atoms with E-state index in [1.165, 1.54) is 11.2 Å². The van der Waals surface area contributed by atoms with Crippen molar-refractivity contribution in [1.82, 2.24) is 25.5 Å². The standard InChI is InChI=1S/C34H39N5O5/c1-34(2,27-12-8-5-9-13-27)23-36-31(40)21-39(20-25-14-16-29(43-3)17-15-25)32(41)30(18-28-19-35-24-37-28)38-33(42)44-22-26-10-6-4-7-11-26/h4-17,19,24,30H,18,20-23H2,1-3H3,(H,35,37)(H,36,40)(H,38,42)/t30-/m0/s1. The summed E-state index contributed by atoms with van der Waals surface area (Å²) in [6.07, 6.45) is 2.47. The zero-order chi connectivity index (χ0) is 31.4. The van der Waals surface area contributed by atoms with Crippen molar-refractivity contribution in [2.45, 2.75) is 44.9 Å². The fourth-order valence-corrected chi connectivity index (χ4v) is 4.65. The van der Waals surface area contributed by atoms with E-state index in [0.717, 1.165) is 16.7 Å². The second kappa shape index (κ2) is 15.4. The van der Waals surface area contributed by atoms with E-state index in [-0.39, 0.29) is 37.4 Å². The lowest BCUT2D eigenvalue weighted by atomic mass is 9.84. The van der Waals surface area contributed by atoms with Crippen molar-refractivity contribution in [2.75, 3.05) is 20.2 Å². The topological polar surface area (TPSA) is 126 Å². The van der Waals surface area contributed by atoms with Gasteiger partial charge < -0.3 is 30.0 Å². The molecule has 0 radical (unpaired) electrons. The summed E-state index contributed by atoms with van der Waals surface area (Å²) in [7, 11) is 1.58. The van der Waals surface area contributed by atoms with Crippen LogP contribution in [0, 0.1) is 0 Å². The molecule has 0 aliphatic heterocycles. The van der Waals surface area contributed by atoms with E-state index >= 15 is 0 Å². The van der Waals surface area contributed by atoms with Gasteiger partial charge in [-0.3, -0.25) is 9.59 Å². The number of hydrogen-bond acceptors (Lipinski definition) is 6. The van der Waals surface area contributed by atoms with Crippen molar-refractivity contribution >= 4 is 17.9 Å². The highest BCUT2D eigenvalue weighted by Gasteiger charge is 2.30. The van der Waals surface area contributed by atoms with Crippen LogP contribution in [-0.4, -0.2) is 59.0 Å². The number of carbonyl (C=O) groups excluding carboxylic acids is 3. The van der Waals surface area contributed by atoms with Crippen LogP contribution in [0.1, 0.15) is 36.2 Å². The number of ether oxygens (including phenoxy) is 2. The zero-order valence-electron chi connectivity index (χ0n) is 25.3. The minimum atomic E-state index is -1.02. The number of aromatic nitrogens is 2. The fraction of sp³-hybridized carbons (Fsp3) is 0.294. The van der Waals surface area contributed by atoms with Gasteiger partial charge in [0.25, 0.3) is 0 Å². The van der Waals surface area contributed by atoms with Crippen molar-refractivity contribution in [3.63, 3.8) is 0 Å². The highest BCUT2D eigenvalue weighted by molar-refractivity contribution is 5.89. The van der Waals surface area contributed by atoms with Gasteiger partial charge >= 0.3 is 6.09 Å². The Morgan fingerprint density at radius 3 is 2.25 bits per heavy atom. The monoisotopic (exact) mass is 597 g/mol. The number of benzene rings is 3. The molecule has 230 valence electrons. The molecule has 10 nitrogen and oxygen atoms in total. The summed E-state index contributed by atoms with van der Waals surface area (Å²) >= 11 is 0. The molecule has 0 spiro atoms. The number of H-pyrrole nitrogens is 1. The van der Waals surface area contributed by atoms with E-state index in [1.807, 2.05) is 86.6 Å². The maximum atomic E-state index is 14.1. The van der Waals surface area contributed by atoms with E-state index in [2.05, 4.69) is 20.6 Å². The summed E-state index contributed by atoms with van der Waals surface area (Å²) in [6.45, 7) is 4.45. The van der Waals surface area contributed by atoms with Crippen LogP contribution in [0.25, 0.3) is 0 Å². The number of methoxy groups -OCH3 is 1. The Kier molecular flexibility index (Phi) is 11.1.